The molecule has 2 aliphatic carbocycles. The van der Waals surface area contributed by atoms with Crippen molar-refractivity contribution < 1.29 is 0 Å². The molecule has 2 aliphatic rings. The minimum atomic E-state index is 0.268. The highest BCUT2D eigenvalue weighted by Crippen LogP contribution is 2.34. The summed E-state index contributed by atoms with van der Waals surface area (Å²) < 4.78 is 0. The Morgan fingerprint density at radius 1 is 1.07 bits per heavy atom. The van der Waals surface area contributed by atoms with Gasteiger partial charge in [-0.1, -0.05) is 0 Å². The number of likely N-dealkylation sites (N-methyl/N-ethyl adjacent to an activating group) is 1. The summed E-state index contributed by atoms with van der Waals surface area (Å²) >= 11 is 0. The number of rotatable bonds is 7. The van der Waals surface area contributed by atoms with Gasteiger partial charge in [0.2, 0.25) is 0 Å². The summed E-state index contributed by atoms with van der Waals surface area (Å²) in [7, 11) is 2.08. The molecule has 2 rings (SSSR count). The van der Waals surface area contributed by atoms with Gasteiger partial charge in [0.25, 0.3) is 0 Å². The molecule has 0 aromatic carbocycles. The Kier molecular flexibility index (Phi) is 3.36. The number of hydrogen-bond donors (Lipinski definition) is 1. The Morgan fingerprint density at radius 2 is 1.53 bits per heavy atom. The van der Waals surface area contributed by atoms with E-state index in [4.69, 9.17) is 0 Å². The van der Waals surface area contributed by atoms with Gasteiger partial charge in [-0.25, -0.2) is 0 Å². The smallest absolute Gasteiger partial charge is 0.0249 e. The fourth-order valence-electron chi connectivity index (χ4n) is 2.17. The van der Waals surface area contributed by atoms with E-state index in [1.807, 2.05) is 0 Å². The lowest BCUT2D eigenvalue weighted by Crippen LogP contribution is -2.48. The van der Waals surface area contributed by atoms with Gasteiger partial charge in [0, 0.05) is 25.2 Å². The summed E-state index contributed by atoms with van der Waals surface area (Å²) in [5.41, 5.74) is 0.268. The van der Waals surface area contributed by atoms with Crippen LogP contribution in [0.3, 0.4) is 0 Å². The zero-order chi connectivity index (χ0) is 10.9. The van der Waals surface area contributed by atoms with Crippen LogP contribution < -0.4 is 5.32 Å². The molecule has 0 bridgehead atoms. The van der Waals surface area contributed by atoms with Crippen LogP contribution in [0.5, 0.6) is 0 Å². The molecule has 0 atom stereocenters. The van der Waals surface area contributed by atoms with Crippen molar-refractivity contribution in [2.75, 3.05) is 26.7 Å². The van der Waals surface area contributed by atoms with Crippen molar-refractivity contribution in [3.05, 3.63) is 0 Å². The molecule has 2 nitrogen and oxygen atoms in total. The van der Waals surface area contributed by atoms with Gasteiger partial charge >= 0.3 is 0 Å². The summed E-state index contributed by atoms with van der Waals surface area (Å²) in [6, 6.07) is 0. The van der Waals surface area contributed by atoms with Crippen molar-refractivity contribution in [1.82, 2.24) is 10.2 Å². The minimum absolute atomic E-state index is 0.268. The lowest BCUT2D eigenvalue weighted by Gasteiger charge is -2.32. The van der Waals surface area contributed by atoms with E-state index in [2.05, 4.69) is 31.1 Å². The van der Waals surface area contributed by atoms with E-state index in [9.17, 15) is 0 Å². The minimum Gasteiger partial charge on any atom is -0.314 e. The second-order valence-electron chi connectivity index (χ2n) is 6.21. The second kappa shape index (κ2) is 4.42. The highest BCUT2D eigenvalue weighted by atomic mass is 15.2. The number of nitrogens with zero attached hydrogens (tertiary/aromatic N) is 1. The molecule has 0 aromatic rings. The lowest BCUT2D eigenvalue weighted by molar-refractivity contribution is 0.193. The largest absolute Gasteiger partial charge is 0.314 e. The van der Waals surface area contributed by atoms with Crippen LogP contribution in [0.15, 0.2) is 0 Å². The van der Waals surface area contributed by atoms with Gasteiger partial charge in [-0.3, -0.25) is 0 Å². The van der Waals surface area contributed by atoms with Gasteiger partial charge in [0.1, 0.15) is 0 Å². The molecule has 88 valence electrons. The molecule has 1 N–H and O–H groups in total. The highest BCUT2D eigenvalue weighted by Gasteiger charge is 2.31. The van der Waals surface area contributed by atoms with Gasteiger partial charge in [-0.05, 0) is 58.4 Å². The molecule has 0 radical (unpaired) electrons. The maximum Gasteiger partial charge on any atom is 0.0249 e. The summed E-state index contributed by atoms with van der Waals surface area (Å²) in [6.45, 7) is 8.51. The van der Waals surface area contributed by atoms with Crippen LogP contribution in [0.25, 0.3) is 0 Å². The second-order valence-corrected chi connectivity index (χ2v) is 6.21. The quantitative estimate of drug-likeness (QED) is 0.692. The van der Waals surface area contributed by atoms with Crippen LogP contribution in [0.2, 0.25) is 0 Å². The Hall–Kier alpha value is -0.0800. The zero-order valence-electron chi connectivity index (χ0n) is 10.6. The first-order chi connectivity index (χ1) is 7.09. The Labute approximate surface area is 94.4 Å². The van der Waals surface area contributed by atoms with Crippen LogP contribution in [-0.2, 0) is 0 Å². The van der Waals surface area contributed by atoms with Crippen LogP contribution in [0, 0.1) is 11.8 Å². The SMILES string of the molecule is CNC(C)(C)CN(CC1CC1)CC1CC1. The summed E-state index contributed by atoms with van der Waals surface area (Å²) in [5, 5.41) is 3.42. The predicted octanol–water partition coefficient (Wildman–Crippen LogP) is 2.11. The average molecular weight is 210 g/mol. The first kappa shape index (κ1) is 11.4. The van der Waals surface area contributed by atoms with Gasteiger partial charge in [-0.15, -0.1) is 0 Å². The first-order valence-corrected chi connectivity index (χ1v) is 6.50. The maximum absolute atomic E-state index is 3.42. The Morgan fingerprint density at radius 3 is 1.87 bits per heavy atom. The molecule has 0 heterocycles. The van der Waals surface area contributed by atoms with E-state index in [-0.39, 0.29) is 5.54 Å². The molecule has 0 saturated heterocycles. The van der Waals surface area contributed by atoms with Crippen molar-refractivity contribution in [1.29, 1.82) is 0 Å². The third-order valence-electron chi connectivity index (χ3n) is 3.72. The van der Waals surface area contributed by atoms with Crippen molar-refractivity contribution in [3.8, 4) is 0 Å². The van der Waals surface area contributed by atoms with Gasteiger partial charge in [-0.2, -0.15) is 0 Å². The van der Waals surface area contributed by atoms with Crippen LogP contribution >= 0.6 is 0 Å². The summed E-state index contributed by atoms with van der Waals surface area (Å²) in [6.07, 6.45) is 5.89. The molecule has 2 heteroatoms. The van der Waals surface area contributed by atoms with Gasteiger partial charge in [0.05, 0.1) is 0 Å². The number of nitrogens with one attached hydrogen (secondary N) is 1. The summed E-state index contributed by atoms with van der Waals surface area (Å²) in [4.78, 5) is 2.70. The van der Waals surface area contributed by atoms with Crippen molar-refractivity contribution >= 4 is 0 Å². The Bertz CT molecular complexity index is 191. The van der Waals surface area contributed by atoms with Crippen molar-refractivity contribution in [3.63, 3.8) is 0 Å². The first-order valence-electron chi connectivity index (χ1n) is 6.50. The fraction of sp³-hybridized carbons (Fsp3) is 1.00. The van der Waals surface area contributed by atoms with E-state index in [0.29, 0.717) is 0 Å². The van der Waals surface area contributed by atoms with Crippen molar-refractivity contribution in [2.24, 2.45) is 11.8 Å². The summed E-state index contributed by atoms with van der Waals surface area (Å²) in [5.74, 6) is 2.05. The molecule has 0 amide bonds. The van der Waals surface area contributed by atoms with Gasteiger partial charge in [0.15, 0.2) is 0 Å². The third kappa shape index (κ3) is 4.12. The van der Waals surface area contributed by atoms with E-state index in [1.54, 1.807) is 0 Å². The standard InChI is InChI=1S/C13H26N2/c1-13(2,14-3)10-15(8-11-4-5-11)9-12-6-7-12/h11-12,14H,4-10H2,1-3H3. The molecule has 0 aliphatic heterocycles. The molecule has 0 unspecified atom stereocenters. The maximum atomic E-state index is 3.42. The molecular weight excluding hydrogens is 184 g/mol. The van der Waals surface area contributed by atoms with E-state index >= 15 is 0 Å². The molecular formula is C13H26N2. The molecule has 2 saturated carbocycles. The van der Waals surface area contributed by atoms with E-state index in [1.165, 1.54) is 45.3 Å². The molecule has 15 heavy (non-hydrogen) atoms. The van der Waals surface area contributed by atoms with E-state index in [0.717, 1.165) is 11.8 Å². The third-order valence-corrected chi connectivity index (χ3v) is 3.72. The fourth-order valence-corrected chi connectivity index (χ4v) is 2.17. The predicted molar refractivity (Wildman–Crippen MR) is 65.0 cm³/mol. The topological polar surface area (TPSA) is 15.3 Å². The van der Waals surface area contributed by atoms with Gasteiger partial charge < -0.3 is 10.2 Å². The monoisotopic (exact) mass is 210 g/mol. The zero-order valence-corrected chi connectivity index (χ0v) is 10.6. The molecule has 0 aromatic heterocycles. The normalized spacial score (nSPS) is 22.4. The van der Waals surface area contributed by atoms with Crippen LogP contribution in [-0.4, -0.2) is 37.1 Å². The average Bonchev–Trinajstić information content (AvgIpc) is 2.99. The Balaban J connectivity index is 1.79. The van der Waals surface area contributed by atoms with Crippen LogP contribution in [0.4, 0.5) is 0 Å². The lowest BCUT2D eigenvalue weighted by atomic mass is 10.0. The van der Waals surface area contributed by atoms with E-state index < -0.39 is 0 Å². The van der Waals surface area contributed by atoms with Crippen LogP contribution in [0.1, 0.15) is 39.5 Å². The molecule has 2 fully saturated rings. The number of hydrogen-bond acceptors (Lipinski definition) is 2. The highest BCUT2D eigenvalue weighted by molar-refractivity contribution is 4.87. The molecule has 0 spiro atoms. The van der Waals surface area contributed by atoms with Crippen molar-refractivity contribution in [2.45, 2.75) is 45.1 Å².